The molecule has 2 aromatic rings. The Morgan fingerprint density at radius 1 is 0.882 bits per heavy atom. The average Bonchev–Trinajstić information content (AvgIpc) is 2.46. The van der Waals surface area contributed by atoms with Gasteiger partial charge in [0.05, 0.1) is 22.6 Å². The number of nitrogens with one attached hydrogen (secondary N) is 2. The van der Waals surface area contributed by atoms with Crippen LogP contribution in [0.4, 0.5) is 21.5 Å². The molecule has 1 aliphatic rings. The molecule has 0 radical (unpaired) electrons. The summed E-state index contributed by atoms with van der Waals surface area (Å²) in [6.45, 7) is 0. The van der Waals surface area contributed by atoms with Crippen molar-refractivity contribution in [1.29, 1.82) is 0 Å². The molecule has 84 valence electrons. The lowest BCUT2D eigenvalue weighted by Gasteiger charge is -2.07. The summed E-state index contributed by atoms with van der Waals surface area (Å²) in [7, 11) is 0. The maximum Gasteiger partial charge on any atom is 0.257 e. The Balaban J connectivity index is 2.17. The van der Waals surface area contributed by atoms with Crippen molar-refractivity contribution in [2.75, 3.05) is 10.6 Å². The third-order valence-corrected chi connectivity index (χ3v) is 2.67. The average molecular weight is 228 g/mol. The van der Waals surface area contributed by atoms with E-state index in [1.54, 1.807) is 18.2 Å². The van der Waals surface area contributed by atoms with Crippen molar-refractivity contribution in [3.8, 4) is 0 Å². The van der Waals surface area contributed by atoms with Gasteiger partial charge in [0.25, 0.3) is 5.91 Å². The summed E-state index contributed by atoms with van der Waals surface area (Å²) in [5, 5.41) is 5.79. The van der Waals surface area contributed by atoms with Gasteiger partial charge in [-0.05, 0) is 30.3 Å². The molecule has 2 aromatic carbocycles. The molecule has 3 rings (SSSR count). The number of para-hydroxylation sites is 1. The molecule has 0 bridgehead atoms. The van der Waals surface area contributed by atoms with Crippen LogP contribution in [-0.2, 0) is 0 Å². The van der Waals surface area contributed by atoms with E-state index in [4.69, 9.17) is 0 Å². The molecule has 0 aromatic heterocycles. The maximum absolute atomic E-state index is 13.1. The zero-order valence-corrected chi connectivity index (χ0v) is 8.83. The molecule has 0 unspecified atom stereocenters. The van der Waals surface area contributed by atoms with Crippen LogP contribution >= 0.6 is 0 Å². The van der Waals surface area contributed by atoms with Gasteiger partial charge in [0.15, 0.2) is 0 Å². The molecule has 2 N–H and O–H groups in total. The first kappa shape index (κ1) is 9.84. The summed E-state index contributed by atoms with van der Waals surface area (Å²) in [5.74, 6) is -0.616. The second-order valence-corrected chi connectivity index (χ2v) is 3.81. The number of hydrogen-bond acceptors (Lipinski definition) is 2. The highest BCUT2D eigenvalue weighted by molar-refractivity contribution is 6.12. The van der Waals surface area contributed by atoms with Crippen LogP contribution in [0.15, 0.2) is 42.5 Å². The fraction of sp³-hybridized carbons (Fsp3) is 0. The number of rotatable bonds is 0. The standard InChI is InChI=1S/C13H9FN2O/c14-8-5-6-11-12(7-8)16-13(17)9-3-1-2-4-10(9)15-11/h1-7,15H,(H,16,17). The highest BCUT2D eigenvalue weighted by Crippen LogP contribution is 2.31. The normalized spacial score (nSPS) is 12.9. The number of halogens is 1. The van der Waals surface area contributed by atoms with E-state index >= 15 is 0 Å². The summed E-state index contributed by atoms with van der Waals surface area (Å²) in [4.78, 5) is 11.9. The van der Waals surface area contributed by atoms with Gasteiger partial charge in [-0.15, -0.1) is 0 Å². The van der Waals surface area contributed by atoms with Crippen molar-refractivity contribution in [1.82, 2.24) is 0 Å². The van der Waals surface area contributed by atoms with Gasteiger partial charge in [-0.25, -0.2) is 4.39 Å². The van der Waals surface area contributed by atoms with E-state index in [2.05, 4.69) is 10.6 Å². The minimum absolute atomic E-state index is 0.238. The van der Waals surface area contributed by atoms with Gasteiger partial charge in [0.1, 0.15) is 5.82 Å². The molecule has 3 nitrogen and oxygen atoms in total. The summed E-state index contributed by atoms with van der Waals surface area (Å²) in [6, 6.07) is 11.4. The van der Waals surface area contributed by atoms with E-state index in [0.29, 0.717) is 16.9 Å². The molecule has 0 fully saturated rings. The molecular weight excluding hydrogens is 219 g/mol. The molecule has 4 heteroatoms. The zero-order chi connectivity index (χ0) is 11.8. The Morgan fingerprint density at radius 3 is 2.59 bits per heavy atom. The first-order valence-corrected chi connectivity index (χ1v) is 5.21. The molecule has 0 spiro atoms. The van der Waals surface area contributed by atoms with Crippen molar-refractivity contribution in [3.05, 3.63) is 53.8 Å². The summed E-state index contributed by atoms with van der Waals surface area (Å²) < 4.78 is 13.1. The number of carbonyl (C=O) groups is 1. The van der Waals surface area contributed by atoms with Crippen LogP contribution in [0, 0.1) is 5.82 Å². The molecule has 1 heterocycles. The summed E-state index contributed by atoms with van der Waals surface area (Å²) in [5.41, 5.74) is 2.40. The molecule has 0 atom stereocenters. The monoisotopic (exact) mass is 228 g/mol. The van der Waals surface area contributed by atoms with Crippen molar-refractivity contribution < 1.29 is 9.18 Å². The van der Waals surface area contributed by atoms with Gasteiger partial charge < -0.3 is 10.6 Å². The number of carbonyl (C=O) groups excluding carboxylic acids is 1. The first-order chi connectivity index (χ1) is 8.24. The smallest absolute Gasteiger partial charge is 0.257 e. The van der Waals surface area contributed by atoms with E-state index < -0.39 is 0 Å². The quantitative estimate of drug-likeness (QED) is 0.727. The second-order valence-electron chi connectivity index (χ2n) is 3.81. The second kappa shape index (κ2) is 3.59. The Kier molecular flexibility index (Phi) is 2.08. The molecule has 1 amide bonds. The van der Waals surface area contributed by atoms with Crippen molar-refractivity contribution in [3.63, 3.8) is 0 Å². The van der Waals surface area contributed by atoms with Crippen LogP contribution in [0.3, 0.4) is 0 Å². The van der Waals surface area contributed by atoms with E-state index in [-0.39, 0.29) is 11.7 Å². The van der Waals surface area contributed by atoms with Crippen LogP contribution in [0.5, 0.6) is 0 Å². The molecular formula is C13H9FN2O. The van der Waals surface area contributed by atoms with E-state index in [0.717, 1.165) is 5.69 Å². The number of hydrogen-bond donors (Lipinski definition) is 2. The molecule has 0 saturated heterocycles. The van der Waals surface area contributed by atoms with Crippen LogP contribution in [0.1, 0.15) is 10.4 Å². The van der Waals surface area contributed by atoms with Crippen LogP contribution in [0.25, 0.3) is 0 Å². The molecule has 1 aliphatic heterocycles. The Hall–Kier alpha value is -2.36. The SMILES string of the molecule is O=C1Nc2cc(F)ccc2Nc2ccccc21. The lowest BCUT2D eigenvalue weighted by atomic mass is 10.1. The van der Waals surface area contributed by atoms with Gasteiger partial charge in [-0.3, -0.25) is 4.79 Å². The Labute approximate surface area is 97.3 Å². The maximum atomic E-state index is 13.1. The van der Waals surface area contributed by atoms with Gasteiger partial charge in [-0.2, -0.15) is 0 Å². The summed E-state index contributed by atoms with van der Waals surface area (Å²) in [6.07, 6.45) is 0. The van der Waals surface area contributed by atoms with E-state index in [1.165, 1.54) is 12.1 Å². The van der Waals surface area contributed by atoms with Crippen LogP contribution in [-0.4, -0.2) is 5.91 Å². The van der Waals surface area contributed by atoms with Gasteiger partial charge >= 0.3 is 0 Å². The van der Waals surface area contributed by atoms with Gasteiger partial charge in [-0.1, -0.05) is 12.1 Å². The van der Waals surface area contributed by atoms with E-state index in [9.17, 15) is 9.18 Å². The minimum atomic E-state index is -0.378. The van der Waals surface area contributed by atoms with Crippen LogP contribution in [0.2, 0.25) is 0 Å². The topological polar surface area (TPSA) is 41.1 Å². The van der Waals surface area contributed by atoms with Crippen molar-refractivity contribution in [2.45, 2.75) is 0 Å². The largest absolute Gasteiger partial charge is 0.353 e. The molecule has 0 aliphatic carbocycles. The third kappa shape index (κ3) is 1.63. The van der Waals surface area contributed by atoms with E-state index in [1.807, 2.05) is 12.1 Å². The summed E-state index contributed by atoms with van der Waals surface area (Å²) >= 11 is 0. The van der Waals surface area contributed by atoms with Crippen LogP contribution < -0.4 is 10.6 Å². The lowest BCUT2D eigenvalue weighted by molar-refractivity contribution is 0.102. The van der Waals surface area contributed by atoms with Gasteiger partial charge in [0.2, 0.25) is 0 Å². The minimum Gasteiger partial charge on any atom is -0.353 e. The third-order valence-electron chi connectivity index (χ3n) is 2.67. The zero-order valence-electron chi connectivity index (χ0n) is 8.83. The fourth-order valence-electron chi connectivity index (χ4n) is 1.85. The Morgan fingerprint density at radius 2 is 1.71 bits per heavy atom. The lowest BCUT2D eigenvalue weighted by Crippen LogP contribution is -2.10. The predicted octanol–water partition coefficient (Wildman–Crippen LogP) is 3.14. The Bertz CT molecular complexity index is 610. The number of fused-ring (bicyclic) bond motifs is 2. The number of amides is 1. The highest BCUT2D eigenvalue weighted by atomic mass is 19.1. The molecule has 0 saturated carbocycles. The first-order valence-electron chi connectivity index (χ1n) is 5.21. The highest BCUT2D eigenvalue weighted by Gasteiger charge is 2.18. The van der Waals surface area contributed by atoms with Crippen molar-refractivity contribution in [2.24, 2.45) is 0 Å². The fourth-order valence-corrected chi connectivity index (χ4v) is 1.85. The predicted molar refractivity (Wildman–Crippen MR) is 64.1 cm³/mol. The van der Waals surface area contributed by atoms with Gasteiger partial charge in [0, 0.05) is 0 Å². The molecule has 17 heavy (non-hydrogen) atoms. The number of benzene rings is 2. The number of anilines is 3. The van der Waals surface area contributed by atoms with Crippen molar-refractivity contribution >= 4 is 23.0 Å².